The third-order valence-electron chi connectivity index (χ3n) is 7.06. The lowest BCUT2D eigenvalue weighted by atomic mass is 9.72. The van der Waals surface area contributed by atoms with Crippen LogP contribution in [0.3, 0.4) is 0 Å². The first-order valence-electron chi connectivity index (χ1n) is 12.1. The van der Waals surface area contributed by atoms with Crippen LogP contribution in [0.15, 0.2) is 79.4 Å². The lowest BCUT2D eigenvalue weighted by Crippen LogP contribution is -2.54. The van der Waals surface area contributed by atoms with E-state index in [0.717, 1.165) is 11.1 Å². The Labute approximate surface area is 219 Å². The zero-order chi connectivity index (χ0) is 26.2. The molecular formula is C29H26ClF2N5. The van der Waals surface area contributed by atoms with Crippen LogP contribution in [0.2, 0.25) is 5.02 Å². The molecule has 0 saturated carbocycles. The molecule has 5 rings (SSSR count). The van der Waals surface area contributed by atoms with Gasteiger partial charge in [0.2, 0.25) is 0 Å². The number of halogens is 3. The number of nitrogens with zero attached hydrogens (tertiary/aromatic N) is 5. The molecule has 37 heavy (non-hydrogen) atoms. The van der Waals surface area contributed by atoms with Crippen molar-refractivity contribution in [1.82, 2.24) is 19.7 Å². The van der Waals surface area contributed by atoms with Gasteiger partial charge in [0.15, 0.2) is 0 Å². The van der Waals surface area contributed by atoms with Gasteiger partial charge in [-0.1, -0.05) is 41.9 Å². The van der Waals surface area contributed by atoms with E-state index in [1.807, 2.05) is 54.6 Å². The SMILES string of the molecule is CC(C)(F)[C@H](c1cc(F)cc(-n2cnnc2)c1)C1CN([C@@H](c2ccc(Cl)cc2)c2ccccc2C#N)C1. The molecule has 2 atom stereocenters. The fraction of sp³-hybridized carbons (Fsp3) is 0.276. The van der Waals surface area contributed by atoms with Crippen molar-refractivity contribution in [3.8, 4) is 11.8 Å². The maximum Gasteiger partial charge on any atom is 0.125 e. The Kier molecular flexibility index (Phi) is 6.80. The first-order chi connectivity index (χ1) is 17.7. The van der Waals surface area contributed by atoms with E-state index >= 15 is 4.39 Å². The number of hydrogen-bond donors (Lipinski definition) is 0. The second-order valence-corrected chi connectivity index (χ2v) is 10.5. The van der Waals surface area contributed by atoms with Gasteiger partial charge in [-0.15, -0.1) is 10.2 Å². The lowest BCUT2D eigenvalue weighted by molar-refractivity contribution is 0.00807. The summed E-state index contributed by atoms with van der Waals surface area (Å²) in [5.41, 5.74) is 2.05. The molecule has 0 amide bonds. The molecule has 0 N–H and O–H groups in total. The van der Waals surface area contributed by atoms with E-state index in [4.69, 9.17) is 11.6 Å². The molecule has 1 fully saturated rings. The predicted molar refractivity (Wildman–Crippen MR) is 139 cm³/mol. The molecule has 0 radical (unpaired) electrons. The summed E-state index contributed by atoms with van der Waals surface area (Å²) in [6.45, 7) is 4.27. The van der Waals surface area contributed by atoms with Gasteiger partial charge < -0.3 is 0 Å². The minimum absolute atomic E-state index is 0.0559. The summed E-state index contributed by atoms with van der Waals surface area (Å²) >= 11 is 6.15. The Balaban J connectivity index is 1.48. The summed E-state index contributed by atoms with van der Waals surface area (Å²) < 4.78 is 32.0. The monoisotopic (exact) mass is 517 g/mol. The molecule has 1 aliphatic heterocycles. The Hall–Kier alpha value is -3.60. The van der Waals surface area contributed by atoms with Crippen LogP contribution in [0.4, 0.5) is 8.78 Å². The molecule has 1 aliphatic rings. The number of alkyl halides is 1. The predicted octanol–water partition coefficient (Wildman–Crippen LogP) is 6.48. The van der Waals surface area contributed by atoms with Crippen molar-refractivity contribution >= 4 is 11.6 Å². The van der Waals surface area contributed by atoms with Gasteiger partial charge in [0, 0.05) is 24.0 Å². The van der Waals surface area contributed by atoms with Gasteiger partial charge in [-0.05, 0) is 72.9 Å². The quantitative estimate of drug-likeness (QED) is 0.281. The van der Waals surface area contributed by atoms with Gasteiger partial charge in [0.1, 0.15) is 24.1 Å². The van der Waals surface area contributed by atoms with E-state index in [1.165, 1.54) is 24.8 Å². The van der Waals surface area contributed by atoms with Gasteiger partial charge in [0.25, 0.3) is 0 Å². The molecular weight excluding hydrogens is 492 g/mol. The van der Waals surface area contributed by atoms with E-state index in [-0.39, 0.29) is 12.0 Å². The molecule has 0 unspecified atom stereocenters. The van der Waals surface area contributed by atoms with Crippen molar-refractivity contribution in [2.45, 2.75) is 31.5 Å². The fourth-order valence-electron chi connectivity index (χ4n) is 5.53. The third-order valence-corrected chi connectivity index (χ3v) is 7.31. The van der Waals surface area contributed by atoms with Crippen LogP contribution in [0.25, 0.3) is 5.69 Å². The molecule has 2 heterocycles. The maximum atomic E-state index is 15.7. The Morgan fingerprint density at radius 1 is 1.00 bits per heavy atom. The number of nitriles is 1. The van der Waals surface area contributed by atoms with Crippen molar-refractivity contribution < 1.29 is 8.78 Å². The molecule has 1 saturated heterocycles. The number of aromatic nitrogens is 3. The number of likely N-dealkylation sites (tertiary alicyclic amines) is 1. The second kappa shape index (κ2) is 10.0. The first-order valence-corrected chi connectivity index (χ1v) is 12.5. The van der Waals surface area contributed by atoms with Crippen molar-refractivity contribution in [3.05, 3.63) is 112 Å². The minimum Gasteiger partial charge on any atom is -0.292 e. The van der Waals surface area contributed by atoms with Crippen LogP contribution >= 0.6 is 11.6 Å². The molecule has 1 aromatic heterocycles. The normalized spacial score (nSPS) is 16.1. The molecule has 4 aromatic rings. The van der Waals surface area contributed by atoms with Gasteiger partial charge >= 0.3 is 0 Å². The van der Waals surface area contributed by atoms with E-state index in [2.05, 4.69) is 21.2 Å². The molecule has 0 bridgehead atoms. The molecule has 3 aromatic carbocycles. The summed E-state index contributed by atoms with van der Waals surface area (Å²) in [5, 5.41) is 18.0. The van der Waals surface area contributed by atoms with E-state index < -0.39 is 17.4 Å². The van der Waals surface area contributed by atoms with Gasteiger partial charge in [0.05, 0.1) is 23.4 Å². The second-order valence-electron chi connectivity index (χ2n) is 10.0. The van der Waals surface area contributed by atoms with Crippen molar-refractivity contribution in [2.24, 2.45) is 5.92 Å². The summed E-state index contributed by atoms with van der Waals surface area (Å²) in [4.78, 5) is 2.24. The summed E-state index contributed by atoms with van der Waals surface area (Å²) in [6, 6.07) is 21.9. The van der Waals surface area contributed by atoms with Gasteiger partial charge in [-0.3, -0.25) is 9.47 Å². The van der Waals surface area contributed by atoms with E-state index in [1.54, 1.807) is 18.4 Å². The molecule has 0 spiro atoms. The number of benzene rings is 3. The smallest absolute Gasteiger partial charge is 0.125 e. The Morgan fingerprint density at radius 2 is 1.68 bits per heavy atom. The number of rotatable bonds is 7. The van der Waals surface area contributed by atoms with Crippen molar-refractivity contribution in [3.63, 3.8) is 0 Å². The van der Waals surface area contributed by atoms with Crippen LogP contribution in [-0.2, 0) is 0 Å². The standard InChI is InChI=1S/C29H26ClF2N5/c1-29(2,32)27(21-11-24(31)13-25(12-21)37-17-34-35-18-37)22-15-36(16-22)28(19-7-9-23(30)10-8-19)26-6-4-3-5-20(26)14-33/h3-13,17-18,22,27-28H,15-16H2,1-2H3/t27-,28+/m1/s1. The van der Waals surface area contributed by atoms with Crippen LogP contribution in [0.1, 0.15) is 48.1 Å². The molecule has 0 aliphatic carbocycles. The van der Waals surface area contributed by atoms with Crippen LogP contribution < -0.4 is 0 Å². The minimum atomic E-state index is -1.59. The number of hydrogen-bond acceptors (Lipinski definition) is 4. The Bertz CT molecular complexity index is 1420. The highest BCUT2D eigenvalue weighted by molar-refractivity contribution is 6.30. The topological polar surface area (TPSA) is 57.7 Å². The van der Waals surface area contributed by atoms with E-state index in [0.29, 0.717) is 34.9 Å². The highest BCUT2D eigenvalue weighted by atomic mass is 35.5. The summed E-state index contributed by atoms with van der Waals surface area (Å²) in [6.07, 6.45) is 2.98. The van der Waals surface area contributed by atoms with Gasteiger partial charge in [-0.2, -0.15) is 5.26 Å². The van der Waals surface area contributed by atoms with Crippen LogP contribution in [-0.4, -0.2) is 38.4 Å². The van der Waals surface area contributed by atoms with E-state index in [9.17, 15) is 9.65 Å². The van der Waals surface area contributed by atoms with Crippen LogP contribution in [0.5, 0.6) is 0 Å². The summed E-state index contributed by atoms with van der Waals surface area (Å²) in [7, 11) is 0. The third kappa shape index (κ3) is 5.13. The lowest BCUT2D eigenvalue weighted by Gasteiger charge is -2.50. The first kappa shape index (κ1) is 25.1. The van der Waals surface area contributed by atoms with Crippen molar-refractivity contribution in [1.29, 1.82) is 5.26 Å². The van der Waals surface area contributed by atoms with Crippen molar-refractivity contribution in [2.75, 3.05) is 13.1 Å². The molecule has 188 valence electrons. The molecule has 5 nitrogen and oxygen atoms in total. The zero-order valence-electron chi connectivity index (χ0n) is 20.5. The largest absolute Gasteiger partial charge is 0.292 e. The average Bonchev–Trinajstić information content (AvgIpc) is 3.38. The fourth-order valence-corrected chi connectivity index (χ4v) is 5.65. The Morgan fingerprint density at radius 3 is 2.32 bits per heavy atom. The summed E-state index contributed by atoms with van der Waals surface area (Å²) in [5.74, 6) is -1.03. The maximum absolute atomic E-state index is 15.7. The highest BCUT2D eigenvalue weighted by Crippen LogP contribution is 2.46. The highest BCUT2D eigenvalue weighted by Gasteiger charge is 2.45. The average molecular weight is 518 g/mol. The van der Waals surface area contributed by atoms with Gasteiger partial charge in [-0.25, -0.2) is 8.78 Å². The zero-order valence-corrected chi connectivity index (χ0v) is 21.3. The molecule has 8 heteroatoms. The van der Waals surface area contributed by atoms with Crippen LogP contribution in [0, 0.1) is 23.1 Å².